The van der Waals surface area contributed by atoms with Gasteiger partial charge >= 0.3 is 6.03 Å². The Hall–Kier alpha value is -2.41. The lowest BCUT2D eigenvalue weighted by Gasteiger charge is -2.31. The molecule has 4 N–H and O–H groups in total. The zero-order chi connectivity index (χ0) is 17.5. The Balaban J connectivity index is 1.81. The molecule has 1 aliphatic rings. The van der Waals surface area contributed by atoms with Crippen LogP contribution in [0.1, 0.15) is 19.8 Å². The van der Waals surface area contributed by atoms with Crippen LogP contribution in [0.4, 0.5) is 10.5 Å². The molecule has 1 saturated heterocycles. The number of benzene rings is 1. The highest BCUT2D eigenvalue weighted by molar-refractivity contribution is 5.96. The predicted octanol–water partition coefficient (Wildman–Crippen LogP) is -0.236. The minimum absolute atomic E-state index is 0.0303. The molecule has 0 spiro atoms. The average molecular weight is 333 g/mol. The van der Waals surface area contributed by atoms with E-state index in [0.29, 0.717) is 0 Å². The van der Waals surface area contributed by atoms with Gasteiger partial charge in [-0.25, -0.2) is 4.79 Å². The summed E-state index contributed by atoms with van der Waals surface area (Å²) in [6.07, 6.45) is 1.46. The lowest BCUT2D eigenvalue weighted by molar-refractivity contribution is -0.919. The molecule has 7 heteroatoms. The maximum absolute atomic E-state index is 12.3. The maximum atomic E-state index is 12.3. The number of hydrogen-bond acceptors (Lipinski definition) is 3. The normalized spacial score (nSPS) is 21.4. The lowest BCUT2D eigenvalue weighted by Crippen LogP contribution is -3.17. The standard InChI is InChI=1S/C17H24N4O3/c1-12(15(22)20-17(24)18-2)21-10-8-13(9-11-21)16(23)19-14-6-4-3-5-7-14/h3-7,12-13H,8-11H2,1-2H3,(H,19,23)(H2,18,20,22,24)/p+1/t12-/m1/s1. The molecule has 24 heavy (non-hydrogen) atoms. The van der Waals surface area contributed by atoms with Gasteiger partial charge in [0.1, 0.15) is 0 Å². The highest BCUT2D eigenvalue weighted by Crippen LogP contribution is 2.14. The van der Waals surface area contributed by atoms with Gasteiger partial charge in [-0.05, 0) is 19.1 Å². The molecule has 1 heterocycles. The van der Waals surface area contributed by atoms with Crippen molar-refractivity contribution in [1.82, 2.24) is 10.6 Å². The summed E-state index contributed by atoms with van der Waals surface area (Å²) < 4.78 is 0. The van der Waals surface area contributed by atoms with Crippen LogP contribution in [0.3, 0.4) is 0 Å². The molecule has 0 radical (unpaired) electrons. The fourth-order valence-corrected chi connectivity index (χ4v) is 2.92. The van der Waals surface area contributed by atoms with E-state index in [0.717, 1.165) is 36.5 Å². The Morgan fingerprint density at radius 2 is 1.75 bits per heavy atom. The molecule has 7 nitrogen and oxygen atoms in total. The first-order chi connectivity index (χ1) is 11.5. The van der Waals surface area contributed by atoms with Crippen LogP contribution < -0.4 is 20.9 Å². The zero-order valence-corrected chi connectivity index (χ0v) is 14.1. The van der Waals surface area contributed by atoms with Crippen molar-refractivity contribution in [1.29, 1.82) is 0 Å². The third kappa shape index (κ3) is 4.79. The Morgan fingerprint density at radius 1 is 1.12 bits per heavy atom. The molecule has 0 saturated carbocycles. The van der Waals surface area contributed by atoms with E-state index in [9.17, 15) is 14.4 Å². The van der Waals surface area contributed by atoms with E-state index in [1.807, 2.05) is 30.3 Å². The van der Waals surface area contributed by atoms with E-state index in [2.05, 4.69) is 16.0 Å². The molecule has 0 unspecified atom stereocenters. The van der Waals surface area contributed by atoms with Crippen LogP contribution in [-0.2, 0) is 9.59 Å². The second-order valence-electron chi connectivity index (χ2n) is 6.08. The van der Waals surface area contributed by atoms with Crippen LogP contribution in [0, 0.1) is 5.92 Å². The highest BCUT2D eigenvalue weighted by atomic mass is 16.2. The van der Waals surface area contributed by atoms with Gasteiger partial charge in [-0.1, -0.05) is 18.2 Å². The first-order valence-electron chi connectivity index (χ1n) is 8.24. The third-order valence-corrected chi connectivity index (χ3v) is 4.51. The van der Waals surface area contributed by atoms with Gasteiger partial charge in [0.25, 0.3) is 5.91 Å². The Kier molecular flexibility index (Phi) is 6.31. The average Bonchev–Trinajstić information content (AvgIpc) is 2.61. The van der Waals surface area contributed by atoms with E-state index in [1.54, 1.807) is 6.92 Å². The van der Waals surface area contributed by atoms with Crippen LogP contribution in [-0.4, -0.2) is 44.0 Å². The number of amides is 4. The number of hydrogen-bond donors (Lipinski definition) is 4. The molecule has 1 aromatic rings. The van der Waals surface area contributed by atoms with Crippen molar-refractivity contribution in [3.63, 3.8) is 0 Å². The molecule has 1 aliphatic heterocycles. The third-order valence-electron chi connectivity index (χ3n) is 4.51. The minimum atomic E-state index is -0.497. The molecule has 1 atom stereocenters. The van der Waals surface area contributed by atoms with E-state index < -0.39 is 6.03 Å². The van der Waals surface area contributed by atoms with E-state index in [1.165, 1.54) is 7.05 Å². The van der Waals surface area contributed by atoms with Crippen molar-refractivity contribution in [2.24, 2.45) is 5.92 Å². The second kappa shape index (κ2) is 8.44. The smallest absolute Gasteiger partial charge is 0.321 e. The van der Waals surface area contributed by atoms with Crippen molar-refractivity contribution in [3.05, 3.63) is 30.3 Å². The predicted molar refractivity (Wildman–Crippen MR) is 90.6 cm³/mol. The fourth-order valence-electron chi connectivity index (χ4n) is 2.92. The number of carbonyl (C=O) groups excluding carboxylic acids is 3. The van der Waals surface area contributed by atoms with Crippen molar-refractivity contribution in [2.45, 2.75) is 25.8 Å². The summed E-state index contributed by atoms with van der Waals surface area (Å²) in [5.74, 6) is -0.303. The summed E-state index contributed by atoms with van der Waals surface area (Å²) in [7, 11) is 1.47. The number of piperidine rings is 1. The monoisotopic (exact) mass is 333 g/mol. The molecule has 0 bridgehead atoms. The number of rotatable bonds is 4. The van der Waals surface area contributed by atoms with Gasteiger partial charge in [0, 0.05) is 31.5 Å². The molecule has 1 aromatic carbocycles. The molecular weight excluding hydrogens is 308 g/mol. The molecule has 0 aromatic heterocycles. The van der Waals surface area contributed by atoms with Crippen molar-refractivity contribution in [2.75, 3.05) is 25.5 Å². The largest absolute Gasteiger partial charge is 0.341 e. The van der Waals surface area contributed by atoms with E-state index >= 15 is 0 Å². The summed E-state index contributed by atoms with van der Waals surface area (Å²) in [6, 6.07) is 8.59. The fraction of sp³-hybridized carbons (Fsp3) is 0.471. The van der Waals surface area contributed by atoms with Crippen molar-refractivity contribution in [3.8, 4) is 0 Å². The molecule has 1 fully saturated rings. The van der Waals surface area contributed by atoms with E-state index in [-0.39, 0.29) is 23.8 Å². The summed E-state index contributed by atoms with van der Waals surface area (Å²) >= 11 is 0. The van der Waals surface area contributed by atoms with Gasteiger partial charge in [0.05, 0.1) is 13.1 Å². The number of imide groups is 1. The first kappa shape index (κ1) is 17.9. The van der Waals surface area contributed by atoms with Crippen LogP contribution in [0.15, 0.2) is 30.3 Å². The van der Waals surface area contributed by atoms with Crippen LogP contribution in [0.25, 0.3) is 0 Å². The zero-order valence-electron chi connectivity index (χ0n) is 14.1. The second-order valence-corrected chi connectivity index (χ2v) is 6.08. The summed E-state index contributed by atoms with van der Waals surface area (Å²) in [5, 5.41) is 7.60. The van der Waals surface area contributed by atoms with Crippen molar-refractivity contribution >= 4 is 23.5 Å². The summed E-state index contributed by atoms with van der Waals surface area (Å²) in [5.41, 5.74) is 0.801. The highest BCUT2D eigenvalue weighted by Gasteiger charge is 2.33. The van der Waals surface area contributed by atoms with Gasteiger partial charge in [0.15, 0.2) is 6.04 Å². The maximum Gasteiger partial charge on any atom is 0.321 e. The first-order valence-corrected chi connectivity index (χ1v) is 8.24. The number of likely N-dealkylation sites (tertiary alicyclic amines) is 1. The lowest BCUT2D eigenvalue weighted by atomic mass is 9.94. The number of quaternary nitrogens is 1. The minimum Gasteiger partial charge on any atom is -0.341 e. The number of para-hydroxylation sites is 1. The Bertz CT molecular complexity index is 583. The van der Waals surface area contributed by atoms with Crippen LogP contribution in [0.5, 0.6) is 0 Å². The number of urea groups is 1. The topological polar surface area (TPSA) is 91.7 Å². The van der Waals surface area contributed by atoms with Gasteiger partial charge in [-0.15, -0.1) is 0 Å². The van der Waals surface area contributed by atoms with Gasteiger partial charge in [0.2, 0.25) is 5.91 Å². The number of nitrogens with one attached hydrogen (secondary N) is 4. The SMILES string of the molecule is CNC(=O)NC(=O)[C@@H](C)[NH+]1CCC(C(=O)Nc2ccccc2)CC1. The number of anilines is 1. The summed E-state index contributed by atoms with van der Waals surface area (Å²) in [4.78, 5) is 36.6. The van der Waals surface area contributed by atoms with Gasteiger partial charge in [-0.3, -0.25) is 14.9 Å². The van der Waals surface area contributed by atoms with E-state index in [4.69, 9.17) is 0 Å². The van der Waals surface area contributed by atoms with Gasteiger partial charge < -0.3 is 15.5 Å². The Labute approximate surface area is 141 Å². The van der Waals surface area contributed by atoms with Crippen LogP contribution >= 0.6 is 0 Å². The number of carbonyl (C=O) groups is 3. The molecule has 0 aliphatic carbocycles. The summed E-state index contributed by atoms with van der Waals surface area (Å²) in [6.45, 7) is 3.27. The quantitative estimate of drug-likeness (QED) is 0.613. The molecule has 2 rings (SSSR count). The molecule has 130 valence electrons. The Morgan fingerprint density at radius 3 is 2.33 bits per heavy atom. The van der Waals surface area contributed by atoms with Gasteiger partial charge in [-0.2, -0.15) is 0 Å². The molecule has 4 amide bonds. The van der Waals surface area contributed by atoms with Crippen LogP contribution in [0.2, 0.25) is 0 Å². The van der Waals surface area contributed by atoms with Crippen molar-refractivity contribution < 1.29 is 19.3 Å². The molecular formula is C17H25N4O3+.